The van der Waals surface area contributed by atoms with Crippen LogP contribution in [0.5, 0.6) is 0 Å². The highest BCUT2D eigenvalue weighted by atomic mass is 16.5. The number of benzene rings is 2. The first-order valence-corrected chi connectivity index (χ1v) is 7.97. The van der Waals surface area contributed by atoms with Crippen molar-refractivity contribution in [3.8, 4) is 0 Å². The number of ether oxygens (including phenoxy) is 2. The van der Waals surface area contributed by atoms with Gasteiger partial charge in [-0.05, 0) is 36.6 Å². The van der Waals surface area contributed by atoms with Crippen molar-refractivity contribution in [3.05, 3.63) is 48.0 Å². The number of carbonyl (C=O) groups excluding carboxylic acids is 2. The van der Waals surface area contributed by atoms with Crippen LogP contribution in [0.3, 0.4) is 0 Å². The van der Waals surface area contributed by atoms with E-state index in [9.17, 15) is 9.59 Å². The minimum absolute atomic E-state index is 0.195. The average Bonchev–Trinajstić information content (AvgIpc) is 2.56. The van der Waals surface area contributed by atoms with E-state index >= 15 is 0 Å². The molecule has 0 aromatic heterocycles. The maximum atomic E-state index is 12.4. The number of hydrogen-bond acceptors (Lipinski definition) is 4. The van der Waals surface area contributed by atoms with E-state index in [0.29, 0.717) is 19.6 Å². The summed E-state index contributed by atoms with van der Waals surface area (Å²) >= 11 is 0. The molecule has 0 amide bonds. The van der Waals surface area contributed by atoms with Crippen molar-refractivity contribution in [2.24, 2.45) is 0 Å². The van der Waals surface area contributed by atoms with Crippen LogP contribution in [0.15, 0.2) is 42.5 Å². The Morgan fingerprint density at radius 3 is 2.39 bits per heavy atom. The van der Waals surface area contributed by atoms with Gasteiger partial charge in [-0.25, -0.2) is 0 Å². The fraction of sp³-hybridized carbons (Fsp3) is 0.368. The highest BCUT2D eigenvalue weighted by Gasteiger charge is 2.24. The van der Waals surface area contributed by atoms with Gasteiger partial charge < -0.3 is 9.47 Å². The molecule has 2 aromatic carbocycles. The van der Waals surface area contributed by atoms with Gasteiger partial charge in [0.05, 0.1) is 19.1 Å². The molecule has 0 saturated carbocycles. The largest absolute Gasteiger partial charge is 0.466 e. The Morgan fingerprint density at radius 1 is 0.957 bits per heavy atom. The van der Waals surface area contributed by atoms with Crippen LogP contribution in [0.25, 0.3) is 10.8 Å². The van der Waals surface area contributed by atoms with E-state index in [-0.39, 0.29) is 18.4 Å². The van der Waals surface area contributed by atoms with Crippen molar-refractivity contribution in [3.63, 3.8) is 0 Å². The topological polar surface area (TPSA) is 52.6 Å². The van der Waals surface area contributed by atoms with Crippen LogP contribution >= 0.6 is 0 Å². The van der Waals surface area contributed by atoms with Crippen molar-refractivity contribution in [2.75, 3.05) is 13.2 Å². The number of esters is 2. The van der Waals surface area contributed by atoms with E-state index in [1.54, 1.807) is 13.8 Å². The van der Waals surface area contributed by atoms with Crippen LogP contribution in [-0.2, 0) is 19.1 Å². The Kier molecular flexibility index (Phi) is 6.15. The molecule has 0 saturated heterocycles. The number of carbonyl (C=O) groups is 2. The number of rotatable bonds is 7. The van der Waals surface area contributed by atoms with Crippen LogP contribution < -0.4 is 0 Å². The minimum Gasteiger partial charge on any atom is -0.466 e. The second-order valence-corrected chi connectivity index (χ2v) is 5.22. The van der Waals surface area contributed by atoms with Crippen LogP contribution in [-0.4, -0.2) is 25.2 Å². The molecule has 4 nitrogen and oxygen atoms in total. The Morgan fingerprint density at radius 2 is 1.65 bits per heavy atom. The molecule has 4 heteroatoms. The van der Waals surface area contributed by atoms with Gasteiger partial charge in [0.25, 0.3) is 0 Å². The van der Waals surface area contributed by atoms with Gasteiger partial charge in [0.2, 0.25) is 0 Å². The lowest BCUT2D eigenvalue weighted by atomic mass is 9.90. The third-order valence-electron chi connectivity index (χ3n) is 3.71. The Balaban J connectivity index is 2.31. The third kappa shape index (κ3) is 4.31. The lowest BCUT2D eigenvalue weighted by Gasteiger charge is -2.17. The molecule has 0 aliphatic heterocycles. The molecule has 0 aliphatic carbocycles. The molecule has 1 unspecified atom stereocenters. The first kappa shape index (κ1) is 17.0. The molecule has 1 atom stereocenters. The summed E-state index contributed by atoms with van der Waals surface area (Å²) < 4.78 is 10.2. The normalized spacial score (nSPS) is 11.9. The van der Waals surface area contributed by atoms with Crippen LogP contribution in [0.2, 0.25) is 0 Å². The van der Waals surface area contributed by atoms with Crippen LogP contribution in [0.4, 0.5) is 0 Å². The molecule has 0 fully saturated rings. The average molecular weight is 314 g/mol. The highest BCUT2D eigenvalue weighted by Crippen LogP contribution is 2.30. The van der Waals surface area contributed by atoms with Crippen molar-refractivity contribution in [1.82, 2.24) is 0 Å². The molecule has 0 aliphatic rings. The van der Waals surface area contributed by atoms with Gasteiger partial charge in [0.15, 0.2) is 0 Å². The van der Waals surface area contributed by atoms with Gasteiger partial charge in [-0.3, -0.25) is 9.59 Å². The number of fused-ring (bicyclic) bond motifs is 1. The maximum Gasteiger partial charge on any atom is 0.313 e. The summed E-state index contributed by atoms with van der Waals surface area (Å²) in [5.74, 6) is -1.05. The molecule has 122 valence electrons. The Hall–Kier alpha value is -2.36. The van der Waals surface area contributed by atoms with Gasteiger partial charge in [0.1, 0.15) is 0 Å². The van der Waals surface area contributed by atoms with E-state index < -0.39 is 5.92 Å². The Bertz CT molecular complexity index is 673. The lowest BCUT2D eigenvalue weighted by molar-refractivity contribution is -0.146. The van der Waals surface area contributed by atoms with E-state index in [0.717, 1.165) is 16.3 Å². The maximum absolute atomic E-state index is 12.4. The fourth-order valence-electron chi connectivity index (χ4n) is 2.69. The predicted octanol–water partition coefficient (Wildman–Crippen LogP) is 3.83. The van der Waals surface area contributed by atoms with Gasteiger partial charge in [0, 0.05) is 6.42 Å². The minimum atomic E-state index is -0.467. The van der Waals surface area contributed by atoms with Gasteiger partial charge in [-0.15, -0.1) is 0 Å². The molecule has 23 heavy (non-hydrogen) atoms. The molecular weight excluding hydrogens is 292 g/mol. The summed E-state index contributed by atoms with van der Waals surface area (Å²) in [6.07, 6.45) is 0.576. The summed E-state index contributed by atoms with van der Waals surface area (Å²) in [5, 5.41) is 2.08. The SMILES string of the molecule is CCOC(=O)CCC(C(=O)OCC)c1cccc2ccccc12. The van der Waals surface area contributed by atoms with E-state index in [1.807, 2.05) is 42.5 Å². The zero-order valence-electron chi connectivity index (χ0n) is 13.6. The zero-order valence-corrected chi connectivity index (χ0v) is 13.6. The summed E-state index contributed by atoms with van der Waals surface area (Å²) in [6, 6.07) is 13.8. The summed E-state index contributed by atoms with van der Waals surface area (Å²) in [4.78, 5) is 24.0. The summed E-state index contributed by atoms with van der Waals surface area (Å²) in [7, 11) is 0. The van der Waals surface area contributed by atoms with Gasteiger partial charge in [-0.2, -0.15) is 0 Å². The van der Waals surface area contributed by atoms with Gasteiger partial charge in [-0.1, -0.05) is 42.5 Å². The Labute approximate surface area is 136 Å². The van der Waals surface area contributed by atoms with E-state index in [4.69, 9.17) is 9.47 Å². The van der Waals surface area contributed by atoms with Gasteiger partial charge >= 0.3 is 11.9 Å². The van der Waals surface area contributed by atoms with Crippen molar-refractivity contribution in [1.29, 1.82) is 0 Å². The van der Waals surface area contributed by atoms with Crippen molar-refractivity contribution >= 4 is 22.7 Å². The fourth-order valence-corrected chi connectivity index (χ4v) is 2.69. The number of hydrogen-bond donors (Lipinski definition) is 0. The second kappa shape index (κ2) is 8.32. The van der Waals surface area contributed by atoms with Crippen molar-refractivity contribution < 1.29 is 19.1 Å². The standard InChI is InChI=1S/C19H22O4/c1-3-22-18(20)13-12-17(19(21)23-4-2)16-11-7-9-14-8-5-6-10-15(14)16/h5-11,17H,3-4,12-13H2,1-2H3. The van der Waals surface area contributed by atoms with E-state index in [1.165, 1.54) is 0 Å². The first-order chi connectivity index (χ1) is 11.2. The third-order valence-corrected chi connectivity index (χ3v) is 3.71. The molecule has 0 spiro atoms. The summed E-state index contributed by atoms with van der Waals surface area (Å²) in [5.41, 5.74) is 0.894. The molecule has 2 rings (SSSR count). The van der Waals surface area contributed by atoms with Crippen LogP contribution in [0.1, 0.15) is 38.2 Å². The second-order valence-electron chi connectivity index (χ2n) is 5.22. The first-order valence-electron chi connectivity index (χ1n) is 7.97. The lowest BCUT2D eigenvalue weighted by Crippen LogP contribution is -2.18. The van der Waals surface area contributed by atoms with Crippen LogP contribution in [0, 0.1) is 0 Å². The molecular formula is C19H22O4. The monoisotopic (exact) mass is 314 g/mol. The summed E-state index contributed by atoms with van der Waals surface area (Å²) in [6.45, 7) is 4.21. The van der Waals surface area contributed by atoms with E-state index in [2.05, 4.69) is 0 Å². The molecule has 0 heterocycles. The molecule has 0 N–H and O–H groups in total. The smallest absolute Gasteiger partial charge is 0.313 e. The zero-order chi connectivity index (χ0) is 16.7. The van der Waals surface area contributed by atoms with Crippen molar-refractivity contribution in [2.45, 2.75) is 32.6 Å². The quantitative estimate of drug-likeness (QED) is 0.729. The predicted molar refractivity (Wildman–Crippen MR) is 89.2 cm³/mol. The molecule has 0 bridgehead atoms. The molecule has 0 radical (unpaired) electrons. The molecule has 2 aromatic rings. The highest BCUT2D eigenvalue weighted by molar-refractivity contribution is 5.91.